The smallest absolute Gasteiger partial charge is 0.0575 e. The van der Waals surface area contributed by atoms with Gasteiger partial charge < -0.3 is 4.74 Å². The Labute approximate surface area is 171 Å². The second-order valence-electron chi connectivity index (χ2n) is 9.81. The lowest BCUT2D eigenvalue weighted by atomic mass is 9.70. The summed E-state index contributed by atoms with van der Waals surface area (Å²) in [7, 11) is 0. The third-order valence-corrected chi connectivity index (χ3v) is 7.59. The monoisotopic (exact) mass is 378 g/mol. The fourth-order valence-corrected chi connectivity index (χ4v) is 5.67. The molecular weight excluding hydrogens is 328 g/mol. The van der Waals surface area contributed by atoms with Crippen molar-refractivity contribution in [1.29, 1.82) is 0 Å². The van der Waals surface area contributed by atoms with Crippen molar-refractivity contribution < 1.29 is 4.74 Å². The van der Waals surface area contributed by atoms with Gasteiger partial charge in [-0.1, -0.05) is 90.9 Å². The molecule has 1 heteroatoms. The lowest BCUT2D eigenvalue weighted by Gasteiger charge is -2.38. The second-order valence-corrected chi connectivity index (χ2v) is 9.81. The lowest BCUT2D eigenvalue weighted by Crippen LogP contribution is -2.28. The third-order valence-electron chi connectivity index (χ3n) is 7.59. The molecule has 0 radical (unpaired) electrons. The van der Waals surface area contributed by atoms with Crippen LogP contribution in [-0.2, 0) is 4.74 Å². The van der Waals surface area contributed by atoms with Gasteiger partial charge in [-0.05, 0) is 62.7 Å². The Morgan fingerprint density at radius 1 is 0.556 bits per heavy atom. The van der Waals surface area contributed by atoms with Crippen LogP contribution in [-0.4, -0.2) is 12.7 Å². The van der Waals surface area contributed by atoms with E-state index in [2.05, 4.69) is 13.8 Å². The van der Waals surface area contributed by atoms with Crippen molar-refractivity contribution in [1.82, 2.24) is 0 Å². The molecule has 0 aromatic rings. The molecule has 27 heavy (non-hydrogen) atoms. The first kappa shape index (κ1) is 23.2. The summed E-state index contributed by atoms with van der Waals surface area (Å²) in [6.45, 7) is 5.64. The van der Waals surface area contributed by atoms with Gasteiger partial charge in [0.15, 0.2) is 0 Å². The van der Waals surface area contributed by atoms with Gasteiger partial charge in [-0.2, -0.15) is 0 Å². The summed E-state index contributed by atoms with van der Waals surface area (Å²) in [5.74, 6) is 3.14. The molecule has 2 fully saturated rings. The molecule has 0 amide bonds. The van der Waals surface area contributed by atoms with Gasteiger partial charge in [0.05, 0.1) is 6.10 Å². The van der Waals surface area contributed by atoms with E-state index in [9.17, 15) is 0 Å². The van der Waals surface area contributed by atoms with Gasteiger partial charge in [-0.15, -0.1) is 0 Å². The summed E-state index contributed by atoms with van der Waals surface area (Å²) in [6, 6.07) is 0. The van der Waals surface area contributed by atoms with E-state index in [1.165, 1.54) is 122 Å². The molecule has 0 atom stereocenters. The largest absolute Gasteiger partial charge is 0.378 e. The Balaban J connectivity index is 1.46. The lowest BCUT2D eigenvalue weighted by molar-refractivity contribution is 0.00526. The normalized spacial score (nSPS) is 29.1. The maximum atomic E-state index is 6.22. The average molecular weight is 379 g/mol. The zero-order chi connectivity index (χ0) is 19.2. The number of unbranched alkanes of at least 4 members (excludes halogenated alkanes) is 8. The summed E-state index contributed by atoms with van der Waals surface area (Å²) in [6.07, 6.45) is 27.8. The molecule has 0 aromatic heterocycles. The van der Waals surface area contributed by atoms with Crippen LogP contribution >= 0.6 is 0 Å². The Hall–Kier alpha value is -0.0400. The summed E-state index contributed by atoms with van der Waals surface area (Å²) in [5.41, 5.74) is 0. The van der Waals surface area contributed by atoms with Gasteiger partial charge >= 0.3 is 0 Å². The predicted molar refractivity (Wildman–Crippen MR) is 119 cm³/mol. The predicted octanol–water partition coefficient (Wildman–Crippen LogP) is 8.70. The highest BCUT2D eigenvalue weighted by Gasteiger charge is 2.30. The number of rotatable bonds is 14. The van der Waals surface area contributed by atoms with Crippen molar-refractivity contribution in [3.8, 4) is 0 Å². The van der Waals surface area contributed by atoms with E-state index in [1.54, 1.807) is 0 Å². The summed E-state index contributed by atoms with van der Waals surface area (Å²) in [5, 5.41) is 0. The van der Waals surface area contributed by atoms with Crippen LogP contribution in [0, 0.1) is 17.8 Å². The maximum Gasteiger partial charge on any atom is 0.0575 e. The van der Waals surface area contributed by atoms with Crippen molar-refractivity contribution in [3.05, 3.63) is 0 Å². The maximum absolute atomic E-state index is 6.22. The van der Waals surface area contributed by atoms with Crippen molar-refractivity contribution in [2.24, 2.45) is 17.8 Å². The Bertz CT molecular complexity index is 323. The molecule has 0 aromatic carbocycles. The molecule has 0 heterocycles. The van der Waals surface area contributed by atoms with Crippen LogP contribution in [0.4, 0.5) is 0 Å². The standard InChI is InChI=1S/C26H50O/c1-3-5-7-8-9-10-12-22-27-26-20-18-25(19-21-26)24-16-14-23(15-17-24)13-11-6-4-2/h23-26H,3-22H2,1-2H3/t23?,24?,25-,26-. The molecule has 0 spiro atoms. The molecule has 0 aliphatic heterocycles. The van der Waals surface area contributed by atoms with Crippen LogP contribution in [0.1, 0.15) is 136 Å². The van der Waals surface area contributed by atoms with Crippen molar-refractivity contribution >= 4 is 0 Å². The van der Waals surface area contributed by atoms with Gasteiger partial charge in [0, 0.05) is 6.61 Å². The molecule has 2 rings (SSSR count). The molecule has 0 bridgehead atoms. The molecular formula is C26H50O. The van der Waals surface area contributed by atoms with E-state index in [-0.39, 0.29) is 0 Å². The van der Waals surface area contributed by atoms with Crippen LogP contribution in [0.3, 0.4) is 0 Å². The highest BCUT2D eigenvalue weighted by Crippen LogP contribution is 2.41. The summed E-state index contributed by atoms with van der Waals surface area (Å²) >= 11 is 0. The number of hydrogen-bond donors (Lipinski definition) is 0. The Morgan fingerprint density at radius 3 is 1.70 bits per heavy atom. The first-order chi connectivity index (χ1) is 13.3. The number of ether oxygens (including phenoxy) is 1. The minimum Gasteiger partial charge on any atom is -0.378 e. The van der Waals surface area contributed by atoms with Gasteiger partial charge in [0.1, 0.15) is 0 Å². The second kappa shape index (κ2) is 14.9. The molecule has 2 saturated carbocycles. The zero-order valence-electron chi connectivity index (χ0n) is 18.9. The molecule has 0 saturated heterocycles. The topological polar surface area (TPSA) is 9.23 Å². The van der Waals surface area contributed by atoms with Crippen LogP contribution in [0.25, 0.3) is 0 Å². The minimum atomic E-state index is 0.590. The van der Waals surface area contributed by atoms with E-state index in [1.807, 2.05) is 0 Å². The highest BCUT2D eigenvalue weighted by atomic mass is 16.5. The molecule has 2 aliphatic rings. The third kappa shape index (κ3) is 9.82. The number of hydrogen-bond acceptors (Lipinski definition) is 1. The van der Waals surface area contributed by atoms with Gasteiger partial charge in [-0.3, -0.25) is 0 Å². The SMILES string of the molecule is CCCCCCCCCO[C@H]1CC[C@H](C2CCC(CCCCC)CC2)CC1. The van der Waals surface area contributed by atoms with Gasteiger partial charge in [-0.25, -0.2) is 0 Å². The first-order valence-electron chi connectivity index (χ1n) is 12.9. The van der Waals surface area contributed by atoms with Crippen LogP contribution in [0.2, 0.25) is 0 Å². The molecule has 2 aliphatic carbocycles. The molecule has 1 nitrogen and oxygen atoms in total. The van der Waals surface area contributed by atoms with Crippen molar-refractivity contribution in [3.63, 3.8) is 0 Å². The van der Waals surface area contributed by atoms with Gasteiger partial charge in [0.2, 0.25) is 0 Å². The Kier molecular flexibility index (Phi) is 12.8. The first-order valence-corrected chi connectivity index (χ1v) is 12.9. The van der Waals surface area contributed by atoms with E-state index in [4.69, 9.17) is 4.74 Å². The fraction of sp³-hybridized carbons (Fsp3) is 1.00. The van der Waals surface area contributed by atoms with E-state index < -0.39 is 0 Å². The fourth-order valence-electron chi connectivity index (χ4n) is 5.67. The molecule has 0 N–H and O–H groups in total. The van der Waals surface area contributed by atoms with Crippen LogP contribution in [0.5, 0.6) is 0 Å². The van der Waals surface area contributed by atoms with Gasteiger partial charge in [0.25, 0.3) is 0 Å². The van der Waals surface area contributed by atoms with E-state index in [0.29, 0.717) is 6.10 Å². The Morgan fingerprint density at radius 2 is 1.07 bits per heavy atom. The van der Waals surface area contributed by atoms with Crippen molar-refractivity contribution in [2.45, 2.75) is 142 Å². The summed E-state index contributed by atoms with van der Waals surface area (Å²) < 4.78 is 6.22. The highest BCUT2D eigenvalue weighted by molar-refractivity contribution is 4.82. The van der Waals surface area contributed by atoms with Crippen molar-refractivity contribution in [2.75, 3.05) is 6.61 Å². The van der Waals surface area contributed by atoms with Crippen LogP contribution in [0.15, 0.2) is 0 Å². The summed E-state index contributed by atoms with van der Waals surface area (Å²) in [4.78, 5) is 0. The minimum absolute atomic E-state index is 0.590. The van der Waals surface area contributed by atoms with Crippen LogP contribution < -0.4 is 0 Å². The molecule has 0 unspecified atom stereocenters. The van der Waals surface area contributed by atoms with E-state index in [0.717, 1.165) is 24.4 Å². The average Bonchev–Trinajstić information content (AvgIpc) is 2.71. The quantitative estimate of drug-likeness (QED) is 0.275. The zero-order valence-corrected chi connectivity index (χ0v) is 18.9. The molecule has 160 valence electrons. The van der Waals surface area contributed by atoms with E-state index >= 15 is 0 Å².